The second kappa shape index (κ2) is 9.38. The normalized spacial score (nSPS) is 14.8. The van der Waals surface area contributed by atoms with Crippen molar-refractivity contribution in [3.05, 3.63) is 69.0 Å². The molecular formula is C23H21Cl2NO3S. The zero-order chi connectivity index (χ0) is 21.1. The molecule has 2 heterocycles. The van der Waals surface area contributed by atoms with Gasteiger partial charge in [-0.3, -0.25) is 4.79 Å². The molecule has 0 unspecified atom stereocenters. The molecule has 30 heavy (non-hydrogen) atoms. The van der Waals surface area contributed by atoms with Gasteiger partial charge in [-0.05, 0) is 42.9 Å². The summed E-state index contributed by atoms with van der Waals surface area (Å²) in [4.78, 5) is 27.0. The highest BCUT2D eigenvalue weighted by atomic mass is 35.5. The van der Waals surface area contributed by atoms with Crippen LogP contribution in [0.3, 0.4) is 0 Å². The lowest BCUT2D eigenvalue weighted by Gasteiger charge is -2.32. The van der Waals surface area contributed by atoms with Crippen molar-refractivity contribution in [1.82, 2.24) is 4.90 Å². The first-order valence-electron chi connectivity index (χ1n) is 9.87. The van der Waals surface area contributed by atoms with Crippen LogP contribution in [-0.4, -0.2) is 36.5 Å². The van der Waals surface area contributed by atoms with Gasteiger partial charge in [0, 0.05) is 28.2 Å². The average Bonchev–Trinajstić information content (AvgIpc) is 3.08. The van der Waals surface area contributed by atoms with Gasteiger partial charge in [0.1, 0.15) is 4.88 Å². The Morgan fingerprint density at radius 3 is 2.53 bits per heavy atom. The van der Waals surface area contributed by atoms with Crippen LogP contribution in [0.1, 0.15) is 28.1 Å². The number of hydrogen-bond acceptors (Lipinski definition) is 4. The first-order valence-corrected chi connectivity index (χ1v) is 11.4. The third kappa shape index (κ3) is 4.80. The number of benzene rings is 2. The summed E-state index contributed by atoms with van der Waals surface area (Å²) < 4.78 is 6.08. The Morgan fingerprint density at radius 2 is 1.80 bits per heavy atom. The van der Waals surface area contributed by atoms with Crippen LogP contribution in [0.15, 0.2) is 48.5 Å². The summed E-state index contributed by atoms with van der Waals surface area (Å²) in [6.07, 6.45) is 2.95. The molecule has 156 valence electrons. The number of halogens is 2. The number of carbonyl (C=O) groups excluding carboxylic acids is 2. The van der Waals surface area contributed by atoms with Crippen molar-refractivity contribution < 1.29 is 14.3 Å². The van der Waals surface area contributed by atoms with Crippen LogP contribution in [0, 0.1) is 5.92 Å². The molecule has 0 radical (unpaired) electrons. The Kier molecular flexibility index (Phi) is 6.61. The minimum absolute atomic E-state index is 0.165. The van der Waals surface area contributed by atoms with Crippen LogP contribution in [0.4, 0.5) is 0 Å². The Bertz CT molecular complexity index is 1060. The maximum atomic E-state index is 12.5. The van der Waals surface area contributed by atoms with E-state index in [0.29, 0.717) is 33.9 Å². The van der Waals surface area contributed by atoms with E-state index in [1.165, 1.54) is 16.9 Å². The fourth-order valence-corrected chi connectivity index (χ4v) is 5.47. The number of esters is 1. The molecule has 1 aromatic heterocycles. The van der Waals surface area contributed by atoms with Gasteiger partial charge in [-0.25, -0.2) is 4.79 Å². The molecule has 0 spiro atoms. The zero-order valence-electron chi connectivity index (χ0n) is 16.3. The van der Waals surface area contributed by atoms with Crippen molar-refractivity contribution in [2.45, 2.75) is 19.3 Å². The van der Waals surface area contributed by atoms with Crippen LogP contribution in [0.2, 0.25) is 10.0 Å². The highest BCUT2D eigenvalue weighted by Crippen LogP contribution is 2.37. The fraction of sp³-hybridized carbons (Fsp3) is 0.304. The summed E-state index contributed by atoms with van der Waals surface area (Å²) >= 11 is 13.5. The SMILES string of the molecule is O=C(OCC(=O)N1CCC(Cc2ccccc2)CC1)c1sc2cc(Cl)ccc2c1Cl. The minimum Gasteiger partial charge on any atom is -0.451 e. The topological polar surface area (TPSA) is 46.6 Å². The first-order chi connectivity index (χ1) is 14.5. The summed E-state index contributed by atoms with van der Waals surface area (Å²) in [5, 5.41) is 1.67. The third-order valence-electron chi connectivity index (χ3n) is 5.44. The summed E-state index contributed by atoms with van der Waals surface area (Å²) in [6, 6.07) is 15.7. The number of hydrogen-bond donors (Lipinski definition) is 0. The molecule has 7 heteroatoms. The Balaban J connectivity index is 1.29. The van der Waals surface area contributed by atoms with E-state index in [2.05, 4.69) is 24.3 Å². The number of thiophene rings is 1. The monoisotopic (exact) mass is 461 g/mol. The first kappa shape index (κ1) is 21.2. The van der Waals surface area contributed by atoms with E-state index in [1.807, 2.05) is 6.07 Å². The van der Waals surface area contributed by atoms with Crippen molar-refractivity contribution in [2.75, 3.05) is 19.7 Å². The molecule has 0 atom stereocenters. The van der Waals surface area contributed by atoms with Gasteiger partial charge < -0.3 is 9.64 Å². The maximum Gasteiger partial charge on any atom is 0.350 e. The highest BCUT2D eigenvalue weighted by Gasteiger charge is 2.25. The summed E-state index contributed by atoms with van der Waals surface area (Å²) in [6.45, 7) is 1.11. The Labute approximate surface area is 189 Å². The second-order valence-corrected chi connectivity index (χ2v) is 9.34. The summed E-state index contributed by atoms with van der Waals surface area (Å²) in [5.41, 5.74) is 1.33. The number of rotatable bonds is 5. The molecule has 1 saturated heterocycles. The average molecular weight is 462 g/mol. The maximum absolute atomic E-state index is 12.5. The summed E-state index contributed by atoms with van der Waals surface area (Å²) in [5.74, 6) is -0.172. The largest absolute Gasteiger partial charge is 0.451 e. The molecule has 4 nitrogen and oxygen atoms in total. The Morgan fingerprint density at radius 1 is 1.07 bits per heavy atom. The molecule has 0 N–H and O–H groups in total. The molecule has 1 amide bonds. The molecule has 3 aromatic rings. The van der Waals surface area contributed by atoms with Crippen molar-refractivity contribution in [1.29, 1.82) is 0 Å². The lowest BCUT2D eigenvalue weighted by atomic mass is 9.90. The van der Waals surface area contributed by atoms with E-state index in [0.717, 1.165) is 29.3 Å². The number of fused-ring (bicyclic) bond motifs is 1. The number of piperidine rings is 1. The molecule has 0 bridgehead atoms. The van der Waals surface area contributed by atoms with Crippen LogP contribution in [0.25, 0.3) is 10.1 Å². The van der Waals surface area contributed by atoms with Gasteiger partial charge in [-0.2, -0.15) is 0 Å². The van der Waals surface area contributed by atoms with Crippen molar-refractivity contribution in [2.24, 2.45) is 5.92 Å². The molecule has 0 aliphatic carbocycles. The van der Waals surface area contributed by atoms with Crippen molar-refractivity contribution in [3.63, 3.8) is 0 Å². The van der Waals surface area contributed by atoms with Gasteiger partial charge in [-0.15, -0.1) is 11.3 Å². The van der Waals surface area contributed by atoms with E-state index in [4.69, 9.17) is 27.9 Å². The molecule has 1 aliphatic rings. The number of carbonyl (C=O) groups is 2. The van der Waals surface area contributed by atoms with E-state index in [9.17, 15) is 9.59 Å². The number of likely N-dealkylation sites (tertiary alicyclic amines) is 1. The standard InChI is InChI=1S/C23H21Cl2NO3S/c24-17-6-7-18-19(13-17)30-22(21(18)25)23(28)29-14-20(27)26-10-8-16(9-11-26)12-15-4-2-1-3-5-15/h1-7,13,16H,8-12,14H2. The van der Waals surface area contributed by atoms with E-state index in [-0.39, 0.29) is 12.5 Å². The molecule has 1 aliphatic heterocycles. The van der Waals surface area contributed by atoms with Crippen molar-refractivity contribution in [3.8, 4) is 0 Å². The van der Waals surface area contributed by atoms with Gasteiger partial charge in [0.2, 0.25) is 0 Å². The quantitative estimate of drug-likeness (QED) is 0.447. The number of ether oxygens (including phenoxy) is 1. The lowest BCUT2D eigenvalue weighted by molar-refractivity contribution is -0.135. The van der Waals surface area contributed by atoms with E-state index in [1.54, 1.807) is 23.1 Å². The van der Waals surface area contributed by atoms with Gasteiger partial charge in [0.05, 0.1) is 5.02 Å². The molecule has 4 rings (SSSR count). The van der Waals surface area contributed by atoms with Crippen molar-refractivity contribution >= 4 is 56.5 Å². The van der Waals surface area contributed by atoms with E-state index >= 15 is 0 Å². The fourth-order valence-electron chi connectivity index (χ4n) is 3.79. The van der Waals surface area contributed by atoms with Gasteiger partial charge in [0.25, 0.3) is 5.91 Å². The predicted molar refractivity (Wildman–Crippen MR) is 122 cm³/mol. The third-order valence-corrected chi connectivity index (χ3v) is 7.31. The van der Waals surface area contributed by atoms with Gasteiger partial charge in [0.15, 0.2) is 6.61 Å². The Hall–Kier alpha value is -2.08. The predicted octanol–water partition coefficient (Wildman–Crippen LogP) is 5.85. The van der Waals surface area contributed by atoms with E-state index < -0.39 is 5.97 Å². The number of nitrogens with zero attached hydrogens (tertiary/aromatic N) is 1. The van der Waals surface area contributed by atoms with Crippen LogP contribution in [0.5, 0.6) is 0 Å². The highest BCUT2D eigenvalue weighted by molar-refractivity contribution is 7.21. The zero-order valence-corrected chi connectivity index (χ0v) is 18.6. The molecular weight excluding hydrogens is 441 g/mol. The van der Waals surface area contributed by atoms with Gasteiger partial charge >= 0.3 is 5.97 Å². The van der Waals surface area contributed by atoms with Crippen LogP contribution < -0.4 is 0 Å². The lowest BCUT2D eigenvalue weighted by Crippen LogP contribution is -2.41. The van der Waals surface area contributed by atoms with Gasteiger partial charge in [-0.1, -0.05) is 59.6 Å². The van der Waals surface area contributed by atoms with Crippen LogP contribution >= 0.6 is 34.5 Å². The molecule has 1 fully saturated rings. The van der Waals surface area contributed by atoms with Crippen LogP contribution in [-0.2, 0) is 16.0 Å². The molecule has 2 aromatic carbocycles. The minimum atomic E-state index is -0.579. The summed E-state index contributed by atoms with van der Waals surface area (Å²) in [7, 11) is 0. The second-order valence-electron chi connectivity index (χ2n) is 7.48. The number of amides is 1. The smallest absolute Gasteiger partial charge is 0.350 e. The molecule has 0 saturated carbocycles.